The number of nitrogens with one attached hydrogen (secondary N) is 1. The van der Waals surface area contributed by atoms with Crippen molar-refractivity contribution in [1.82, 2.24) is 42.8 Å². The molecular formula is C63H60N12O9S3. The third kappa shape index (κ3) is 11.0. The van der Waals surface area contributed by atoms with E-state index in [1.807, 2.05) is 73.2 Å². The Morgan fingerprint density at radius 2 is 0.862 bits per heavy atom. The Balaban J connectivity index is 0.000000128. The SMILES string of the molecule is Cc1ccc(S(=O)(=O)O[C@@H]2CCN(c3ccc4c5cnccc5n(S(=O)(=O)c5ccc(C)cc5)c4n3)C2)cc1.Cc1ccc(S(=O)(=O)n2c3ccncc3c3ccc(N4CC[C@@H](O)C4)nc32)cc1.O[C@@H]1CCN(c2ccc3c(n2)[nH]c2ccncc23)C1. The van der Waals surface area contributed by atoms with Crippen molar-refractivity contribution in [2.45, 2.75) is 73.0 Å². The molecule has 87 heavy (non-hydrogen) atoms. The lowest BCUT2D eigenvalue weighted by atomic mass is 10.2. The van der Waals surface area contributed by atoms with Crippen molar-refractivity contribution in [2.24, 2.45) is 0 Å². The van der Waals surface area contributed by atoms with E-state index < -0.39 is 36.3 Å². The van der Waals surface area contributed by atoms with Crippen LogP contribution in [-0.4, -0.2) is 136 Å². The highest BCUT2D eigenvalue weighted by atomic mass is 32.2. The van der Waals surface area contributed by atoms with Gasteiger partial charge in [-0.2, -0.15) is 8.42 Å². The number of benzene rings is 3. The number of pyridine rings is 6. The first-order chi connectivity index (χ1) is 41.9. The molecule has 0 amide bonds. The molecule has 3 fully saturated rings. The summed E-state index contributed by atoms with van der Waals surface area (Å²) in [7, 11) is -11.7. The molecule has 9 aromatic heterocycles. The van der Waals surface area contributed by atoms with Crippen LogP contribution in [0.25, 0.3) is 65.8 Å². The second-order valence-electron chi connectivity index (χ2n) is 22.1. The molecule has 3 aliphatic heterocycles. The van der Waals surface area contributed by atoms with E-state index in [9.17, 15) is 35.5 Å². The Kier molecular flexibility index (Phi) is 14.9. The maximum Gasteiger partial charge on any atom is 0.297 e. The lowest BCUT2D eigenvalue weighted by Crippen LogP contribution is -2.25. The highest BCUT2D eigenvalue weighted by Gasteiger charge is 2.32. The van der Waals surface area contributed by atoms with Gasteiger partial charge in [0.1, 0.15) is 23.1 Å². The van der Waals surface area contributed by atoms with Gasteiger partial charge in [-0.3, -0.25) is 19.1 Å². The largest absolute Gasteiger partial charge is 0.391 e. The predicted octanol–water partition coefficient (Wildman–Crippen LogP) is 8.81. The van der Waals surface area contributed by atoms with Gasteiger partial charge in [-0.15, -0.1) is 0 Å². The molecule has 0 aliphatic carbocycles. The Morgan fingerprint density at radius 3 is 1.33 bits per heavy atom. The molecule has 444 valence electrons. The Hall–Kier alpha value is -8.91. The van der Waals surface area contributed by atoms with Crippen molar-refractivity contribution >= 4 is 113 Å². The molecule has 0 saturated carbocycles. The summed E-state index contributed by atoms with van der Waals surface area (Å²) in [6.07, 6.45) is 10.9. The van der Waals surface area contributed by atoms with Gasteiger partial charge in [0, 0.05) is 109 Å². The topological polar surface area (TPSA) is 265 Å². The molecular weight excluding hydrogens is 1160 g/mol. The molecule has 0 radical (unpaired) electrons. The van der Waals surface area contributed by atoms with Crippen LogP contribution in [0.15, 0.2) is 179 Å². The van der Waals surface area contributed by atoms with Crippen molar-refractivity contribution in [3.63, 3.8) is 0 Å². The standard InChI is InChI=1S/C28H26N4O5S2.C21H20N4O3S.C14H14N4O/c1-19-3-7-22(8-4-19)38(33,34)32-26-13-15-29-17-25(26)24-11-12-27(30-28(24)32)31-16-14-21(18-31)37-39(35,36)23-9-5-20(2)6-10-23;1-14-2-4-16(5-3-14)29(27,28)25-19-8-10-22-12-18(19)17-6-7-20(23-21(17)25)24-11-9-15(26)13-24;19-9-4-6-18(8-9)13-2-1-10-11-7-15-5-3-12(11)16-14(10)17-13/h3-13,15,17,21H,14,16,18H2,1-2H3;2-8,10,12,15,26H,9,11,13H2,1H3;1-3,5,7,9,19H,4,6,8H2,(H,16,17)/t21-;15-;9-/m111/s1. The number of aliphatic hydroxyl groups is 2. The van der Waals surface area contributed by atoms with Gasteiger partial charge in [-0.1, -0.05) is 53.1 Å². The second-order valence-corrected chi connectivity index (χ2v) is 27.3. The zero-order valence-corrected chi connectivity index (χ0v) is 50.0. The number of nitrogens with zero attached hydrogens (tertiary/aromatic N) is 11. The minimum absolute atomic E-state index is 0.116. The number of anilines is 3. The monoisotopic (exact) mass is 1220 g/mol. The molecule has 21 nitrogen and oxygen atoms in total. The van der Waals surface area contributed by atoms with Gasteiger partial charge in [0.05, 0.1) is 49.5 Å². The summed E-state index contributed by atoms with van der Waals surface area (Å²) in [4.78, 5) is 36.5. The maximum absolute atomic E-state index is 13.8. The number of fused-ring (bicyclic) bond motifs is 9. The number of rotatable bonds is 10. The first-order valence-electron chi connectivity index (χ1n) is 28.4. The van der Waals surface area contributed by atoms with E-state index in [1.54, 1.807) is 104 Å². The highest BCUT2D eigenvalue weighted by Crippen LogP contribution is 2.36. The van der Waals surface area contributed by atoms with Crippen molar-refractivity contribution < 1.29 is 39.6 Å². The molecule has 15 rings (SSSR count). The number of aromatic amines is 1. The van der Waals surface area contributed by atoms with E-state index in [1.165, 1.54) is 20.1 Å². The van der Waals surface area contributed by atoms with Crippen LogP contribution in [0.2, 0.25) is 0 Å². The minimum Gasteiger partial charge on any atom is -0.391 e. The fraction of sp³-hybridized carbons (Fsp3) is 0.238. The van der Waals surface area contributed by atoms with E-state index in [2.05, 4.69) is 35.9 Å². The van der Waals surface area contributed by atoms with E-state index >= 15 is 0 Å². The van der Waals surface area contributed by atoms with Gasteiger partial charge in [-0.25, -0.2) is 39.7 Å². The first-order valence-corrected chi connectivity index (χ1v) is 32.7. The van der Waals surface area contributed by atoms with E-state index in [4.69, 9.17) is 14.2 Å². The highest BCUT2D eigenvalue weighted by molar-refractivity contribution is 7.90. The Morgan fingerprint density at radius 1 is 0.448 bits per heavy atom. The third-order valence-corrected chi connectivity index (χ3v) is 20.9. The van der Waals surface area contributed by atoms with E-state index in [-0.39, 0.29) is 32.5 Å². The molecule has 3 atom stereocenters. The smallest absolute Gasteiger partial charge is 0.297 e. The van der Waals surface area contributed by atoms with E-state index in [0.29, 0.717) is 84.7 Å². The van der Waals surface area contributed by atoms with Crippen molar-refractivity contribution in [2.75, 3.05) is 54.0 Å². The van der Waals surface area contributed by atoms with Gasteiger partial charge < -0.3 is 29.9 Å². The Bertz CT molecular complexity index is 4950. The number of H-pyrrole nitrogens is 1. The molecule has 12 heterocycles. The van der Waals surface area contributed by atoms with Gasteiger partial charge in [0.2, 0.25) is 0 Å². The molecule has 0 spiro atoms. The summed E-state index contributed by atoms with van der Waals surface area (Å²) in [5, 5.41) is 24.5. The number of β-amino-alcohol motifs (C(OH)–C–C–N with tert-alkyl or cyclic N) is 2. The van der Waals surface area contributed by atoms with Crippen LogP contribution in [0.5, 0.6) is 0 Å². The Labute approximate surface area is 501 Å². The number of aromatic nitrogens is 9. The van der Waals surface area contributed by atoms with Crippen LogP contribution in [0, 0.1) is 20.8 Å². The maximum atomic E-state index is 13.8. The zero-order chi connectivity index (χ0) is 60.4. The average Bonchev–Trinajstić information content (AvgIpc) is 1.62. The van der Waals surface area contributed by atoms with Crippen molar-refractivity contribution in [3.8, 4) is 0 Å². The van der Waals surface area contributed by atoms with Crippen molar-refractivity contribution in [1.29, 1.82) is 0 Å². The molecule has 3 aliphatic rings. The van der Waals surface area contributed by atoms with Crippen LogP contribution in [0.3, 0.4) is 0 Å². The molecule has 12 aromatic rings. The van der Waals surface area contributed by atoms with Gasteiger partial charge in [0.25, 0.3) is 30.2 Å². The summed E-state index contributed by atoms with van der Waals surface area (Å²) in [5.74, 6) is 2.12. The predicted molar refractivity (Wildman–Crippen MR) is 335 cm³/mol. The summed E-state index contributed by atoms with van der Waals surface area (Å²) in [6, 6.07) is 36.8. The van der Waals surface area contributed by atoms with Crippen LogP contribution in [0.1, 0.15) is 36.0 Å². The number of aryl methyl sites for hydroxylation is 3. The molecule has 0 bridgehead atoms. The summed E-state index contributed by atoms with van der Waals surface area (Å²) in [6.45, 7) is 9.22. The summed E-state index contributed by atoms with van der Waals surface area (Å²) in [5.41, 5.74) is 6.51. The van der Waals surface area contributed by atoms with Gasteiger partial charge in [-0.05, 0) is 131 Å². The van der Waals surface area contributed by atoms with Crippen LogP contribution in [0.4, 0.5) is 17.5 Å². The summed E-state index contributed by atoms with van der Waals surface area (Å²) < 4.78 is 88.5. The third-order valence-electron chi connectivity index (χ3n) is 16.1. The minimum atomic E-state index is -3.97. The normalized spacial score (nSPS) is 17.4. The lowest BCUT2D eigenvalue weighted by Gasteiger charge is -2.18. The number of hydrogen-bond acceptors (Lipinski definition) is 18. The lowest BCUT2D eigenvalue weighted by molar-refractivity contribution is 0.198. The fourth-order valence-corrected chi connectivity index (χ4v) is 15.5. The van der Waals surface area contributed by atoms with Crippen LogP contribution in [-0.2, 0) is 34.3 Å². The molecule has 0 unspecified atom stereocenters. The van der Waals surface area contributed by atoms with Crippen LogP contribution >= 0.6 is 0 Å². The number of hydrogen-bond donors (Lipinski definition) is 3. The second kappa shape index (κ2) is 22.7. The van der Waals surface area contributed by atoms with E-state index in [0.717, 1.165) is 68.2 Å². The van der Waals surface area contributed by atoms with Gasteiger partial charge in [0.15, 0.2) is 11.3 Å². The quantitative estimate of drug-likeness (QED) is 0.108. The molecule has 3 N–H and O–H groups in total. The fourth-order valence-electron chi connectivity index (χ4n) is 11.5. The summed E-state index contributed by atoms with van der Waals surface area (Å²) >= 11 is 0. The number of aliphatic hydroxyl groups excluding tert-OH is 2. The van der Waals surface area contributed by atoms with Crippen LogP contribution < -0.4 is 14.7 Å². The van der Waals surface area contributed by atoms with Crippen molar-refractivity contribution in [3.05, 3.63) is 181 Å². The van der Waals surface area contributed by atoms with Gasteiger partial charge >= 0.3 is 0 Å². The average molecular weight is 1230 g/mol. The first kappa shape index (κ1) is 57.2. The molecule has 24 heteroatoms. The zero-order valence-electron chi connectivity index (χ0n) is 47.6. The molecule has 3 saturated heterocycles. The molecule has 3 aromatic carbocycles.